The number of sulfonamides is 1. The first-order chi connectivity index (χ1) is 14.3. The molecule has 0 saturated heterocycles. The lowest BCUT2D eigenvalue weighted by molar-refractivity contribution is 0.355. The van der Waals surface area contributed by atoms with Crippen molar-refractivity contribution < 1.29 is 22.3 Å². The van der Waals surface area contributed by atoms with Gasteiger partial charge < -0.3 is 9.47 Å². The summed E-state index contributed by atoms with van der Waals surface area (Å²) in [5.41, 5.74) is 2.08. The van der Waals surface area contributed by atoms with Gasteiger partial charge in [-0.25, -0.2) is 12.8 Å². The van der Waals surface area contributed by atoms with E-state index >= 15 is 0 Å². The fourth-order valence-corrected chi connectivity index (χ4v) is 5.17. The van der Waals surface area contributed by atoms with E-state index in [2.05, 4.69) is 0 Å². The molecule has 1 unspecified atom stereocenters. The van der Waals surface area contributed by atoms with E-state index in [4.69, 9.17) is 9.47 Å². The molecular weight excluding hydrogens is 405 g/mol. The van der Waals surface area contributed by atoms with Crippen LogP contribution >= 0.6 is 0 Å². The second-order valence-electron chi connectivity index (χ2n) is 6.80. The van der Waals surface area contributed by atoms with E-state index in [9.17, 15) is 12.8 Å². The van der Waals surface area contributed by atoms with Gasteiger partial charge in [-0.2, -0.15) is 0 Å². The number of aryl methyl sites for hydroxylation is 1. The molecule has 0 radical (unpaired) electrons. The van der Waals surface area contributed by atoms with Crippen LogP contribution in [0.3, 0.4) is 0 Å². The van der Waals surface area contributed by atoms with E-state index in [1.165, 1.54) is 36.7 Å². The zero-order valence-corrected chi connectivity index (χ0v) is 18.1. The Kier molecular flexibility index (Phi) is 6.31. The van der Waals surface area contributed by atoms with Crippen molar-refractivity contribution in [1.29, 1.82) is 0 Å². The molecule has 0 saturated carbocycles. The molecule has 0 amide bonds. The summed E-state index contributed by atoms with van der Waals surface area (Å²) in [6.07, 6.45) is 0. The summed E-state index contributed by atoms with van der Waals surface area (Å²) < 4.78 is 53.7. The maximum absolute atomic E-state index is 14.5. The van der Waals surface area contributed by atoms with E-state index in [0.29, 0.717) is 17.2 Å². The average Bonchev–Trinajstić information content (AvgIpc) is 2.74. The van der Waals surface area contributed by atoms with Gasteiger partial charge in [-0.05, 0) is 49.2 Å². The van der Waals surface area contributed by atoms with Crippen LogP contribution in [-0.4, -0.2) is 22.6 Å². The van der Waals surface area contributed by atoms with Crippen LogP contribution < -0.4 is 13.8 Å². The molecule has 0 aliphatic heterocycles. The molecule has 0 aliphatic carbocycles. The van der Waals surface area contributed by atoms with E-state index in [1.54, 1.807) is 25.1 Å². The summed E-state index contributed by atoms with van der Waals surface area (Å²) in [5, 5.41) is 0. The lowest BCUT2D eigenvalue weighted by Crippen LogP contribution is -2.34. The van der Waals surface area contributed by atoms with Crippen molar-refractivity contribution in [2.45, 2.75) is 24.8 Å². The summed E-state index contributed by atoms with van der Waals surface area (Å²) in [5.74, 6) is 0.0358. The van der Waals surface area contributed by atoms with Gasteiger partial charge in [0.05, 0.1) is 25.9 Å². The summed E-state index contributed by atoms with van der Waals surface area (Å²) in [6, 6.07) is 17.1. The minimum absolute atomic E-state index is 0.339. The molecule has 0 aromatic heterocycles. The number of hydrogen-bond acceptors (Lipinski definition) is 4. The third-order valence-corrected chi connectivity index (χ3v) is 6.92. The summed E-state index contributed by atoms with van der Waals surface area (Å²) in [6.45, 7) is 3.69. The minimum Gasteiger partial charge on any atom is -0.493 e. The summed E-state index contributed by atoms with van der Waals surface area (Å²) in [4.78, 5) is -0.389. The maximum atomic E-state index is 14.5. The SMILES string of the molecule is COc1ccc(N(C(C)c2ccccc2C)S(=O)(=O)c2ccccc2F)cc1OC. The van der Waals surface area contributed by atoms with Crippen molar-refractivity contribution in [3.63, 3.8) is 0 Å². The third-order valence-electron chi connectivity index (χ3n) is 4.99. The largest absolute Gasteiger partial charge is 0.493 e. The molecular formula is C23H24FNO4S. The predicted molar refractivity (Wildman–Crippen MR) is 115 cm³/mol. The maximum Gasteiger partial charge on any atom is 0.267 e. The Morgan fingerprint density at radius 3 is 2.17 bits per heavy atom. The van der Waals surface area contributed by atoms with Crippen molar-refractivity contribution in [2.24, 2.45) is 0 Å². The van der Waals surface area contributed by atoms with Gasteiger partial charge in [0.15, 0.2) is 11.5 Å². The van der Waals surface area contributed by atoms with Crippen LogP contribution in [-0.2, 0) is 10.0 Å². The van der Waals surface area contributed by atoms with Crippen molar-refractivity contribution in [3.8, 4) is 11.5 Å². The molecule has 0 bridgehead atoms. The molecule has 1 atom stereocenters. The molecule has 0 heterocycles. The zero-order valence-electron chi connectivity index (χ0n) is 17.3. The number of rotatable bonds is 7. The average molecular weight is 430 g/mol. The van der Waals surface area contributed by atoms with Crippen molar-refractivity contribution in [2.75, 3.05) is 18.5 Å². The first-order valence-electron chi connectivity index (χ1n) is 9.37. The smallest absolute Gasteiger partial charge is 0.267 e. The van der Waals surface area contributed by atoms with E-state index < -0.39 is 21.9 Å². The fourth-order valence-electron chi connectivity index (χ4n) is 3.47. The van der Waals surface area contributed by atoms with Gasteiger partial charge in [0, 0.05) is 6.07 Å². The Morgan fingerprint density at radius 1 is 0.900 bits per heavy atom. The summed E-state index contributed by atoms with van der Waals surface area (Å²) in [7, 11) is -1.26. The Bertz CT molecular complexity index is 1150. The molecule has 30 heavy (non-hydrogen) atoms. The molecule has 7 heteroatoms. The molecule has 0 spiro atoms. The number of benzene rings is 3. The van der Waals surface area contributed by atoms with Crippen molar-refractivity contribution in [3.05, 3.63) is 83.7 Å². The molecule has 5 nitrogen and oxygen atoms in total. The Labute approximate surface area is 176 Å². The third kappa shape index (κ3) is 3.98. The van der Waals surface area contributed by atoms with Gasteiger partial charge in [-0.3, -0.25) is 4.31 Å². The van der Waals surface area contributed by atoms with Gasteiger partial charge in [-0.1, -0.05) is 36.4 Å². The van der Waals surface area contributed by atoms with Crippen LogP contribution in [0.2, 0.25) is 0 Å². The predicted octanol–water partition coefficient (Wildman–Crippen LogP) is 5.11. The number of halogens is 1. The molecule has 3 rings (SSSR count). The number of anilines is 1. The number of methoxy groups -OCH3 is 2. The lowest BCUT2D eigenvalue weighted by Gasteiger charge is -2.32. The lowest BCUT2D eigenvalue weighted by atomic mass is 10.0. The van der Waals surface area contributed by atoms with Gasteiger partial charge in [0.2, 0.25) is 0 Å². The van der Waals surface area contributed by atoms with Gasteiger partial charge in [0.1, 0.15) is 10.7 Å². The van der Waals surface area contributed by atoms with Gasteiger partial charge in [0.25, 0.3) is 10.0 Å². The first kappa shape index (κ1) is 21.6. The van der Waals surface area contributed by atoms with Crippen LogP contribution in [0.25, 0.3) is 0 Å². The quantitative estimate of drug-likeness (QED) is 0.524. The number of ether oxygens (including phenoxy) is 2. The molecule has 158 valence electrons. The highest BCUT2D eigenvalue weighted by atomic mass is 32.2. The minimum atomic E-state index is -4.23. The normalized spacial score (nSPS) is 12.3. The Morgan fingerprint density at radius 2 is 1.53 bits per heavy atom. The van der Waals surface area contributed by atoms with E-state index in [-0.39, 0.29) is 4.90 Å². The second-order valence-corrected chi connectivity index (χ2v) is 8.59. The van der Waals surface area contributed by atoms with E-state index in [0.717, 1.165) is 17.2 Å². The standard InChI is InChI=1S/C23H24FNO4S/c1-16-9-5-6-10-19(16)17(2)25(18-13-14-21(28-3)22(15-18)29-4)30(26,27)23-12-8-7-11-20(23)24/h5-15,17H,1-4H3. The topological polar surface area (TPSA) is 55.8 Å². The molecule has 0 aliphatic rings. The highest BCUT2D eigenvalue weighted by Crippen LogP contribution is 2.39. The molecule has 3 aromatic carbocycles. The van der Waals surface area contributed by atoms with Crippen LogP contribution in [0.15, 0.2) is 71.6 Å². The monoisotopic (exact) mass is 429 g/mol. The zero-order chi connectivity index (χ0) is 21.9. The number of hydrogen-bond donors (Lipinski definition) is 0. The highest BCUT2D eigenvalue weighted by Gasteiger charge is 2.33. The molecule has 0 N–H and O–H groups in total. The van der Waals surface area contributed by atoms with Crippen LogP contribution in [0.5, 0.6) is 11.5 Å². The second kappa shape index (κ2) is 8.75. The molecule has 3 aromatic rings. The molecule has 0 fully saturated rings. The van der Waals surface area contributed by atoms with Gasteiger partial charge >= 0.3 is 0 Å². The van der Waals surface area contributed by atoms with Crippen LogP contribution in [0, 0.1) is 12.7 Å². The Hall–Kier alpha value is -3.06. The van der Waals surface area contributed by atoms with Crippen LogP contribution in [0.1, 0.15) is 24.1 Å². The van der Waals surface area contributed by atoms with Crippen LogP contribution in [0.4, 0.5) is 10.1 Å². The first-order valence-corrected chi connectivity index (χ1v) is 10.8. The highest BCUT2D eigenvalue weighted by molar-refractivity contribution is 7.92. The fraction of sp³-hybridized carbons (Fsp3) is 0.217. The van der Waals surface area contributed by atoms with Crippen molar-refractivity contribution >= 4 is 15.7 Å². The van der Waals surface area contributed by atoms with Crippen molar-refractivity contribution in [1.82, 2.24) is 0 Å². The van der Waals surface area contributed by atoms with Gasteiger partial charge in [-0.15, -0.1) is 0 Å². The Balaban J connectivity index is 2.25. The van der Waals surface area contributed by atoms with E-state index in [1.807, 2.05) is 31.2 Å². The summed E-state index contributed by atoms with van der Waals surface area (Å²) >= 11 is 0. The number of nitrogens with zero attached hydrogens (tertiary/aromatic N) is 1.